The molecule has 0 fully saturated rings. The molecule has 0 saturated heterocycles. The standard InChI is InChI=1S/C20H22O4/c1-4-5-15-10-16(19(22-3)11-17(15)21)13(2)8-14-6-7-18-20(9-14)24-12-23-18/h4,6-7,9-11,13,21H,1,5,8,12H2,2-3H3/t13-/m1/s1. The zero-order valence-corrected chi connectivity index (χ0v) is 14.0. The molecule has 0 spiro atoms. The number of phenols is 1. The minimum Gasteiger partial charge on any atom is -0.508 e. The van der Waals surface area contributed by atoms with Gasteiger partial charge in [0.1, 0.15) is 11.5 Å². The molecule has 0 amide bonds. The van der Waals surface area contributed by atoms with Crippen molar-refractivity contribution in [3.63, 3.8) is 0 Å². The molecule has 1 aliphatic rings. The lowest BCUT2D eigenvalue weighted by atomic mass is 9.91. The van der Waals surface area contributed by atoms with Crippen LogP contribution in [0.5, 0.6) is 23.0 Å². The first-order valence-electron chi connectivity index (χ1n) is 8.01. The van der Waals surface area contributed by atoms with Gasteiger partial charge in [-0.15, -0.1) is 6.58 Å². The van der Waals surface area contributed by atoms with Crippen LogP contribution in [0.4, 0.5) is 0 Å². The number of benzene rings is 2. The molecule has 0 aliphatic carbocycles. The fourth-order valence-electron chi connectivity index (χ4n) is 3.05. The van der Waals surface area contributed by atoms with Gasteiger partial charge in [-0.3, -0.25) is 0 Å². The van der Waals surface area contributed by atoms with Crippen molar-refractivity contribution in [2.45, 2.75) is 25.7 Å². The zero-order chi connectivity index (χ0) is 17.1. The maximum atomic E-state index is 10.1. The van der Waals surface area contributed by atoms with Crippen molar-refractivity contribution >= 4 is 0 Å². The van der Waals surface area contributed by atoms with Crippen molar-refractivity contribution < 1.29 is 19.3 Å². The monoisotopic (exact) mass is 326 g/mol. The van der Waals surface area contributed by atoms with Gasteiger partial charge in [-0.25, -0.2) is 0 Å². The number of fused-ring (bicyclic) bond motifs is 1. The molecule has 0 aromatic heterocycles. The van der Waals surface area contributed by atoms with Crippen molar-refractivity contribution in [2.24, 2.45) is 0 Å². The second-order valence-electron chi connectivity index (χ2n) is 6.01. The van der Waals surface area contributed by atoms with Gasteiger partial charge < -0.3 is 19.3 Å². The number of hydrogen-bond acceptors (Lipinski definition) is 4. The van der Waals surface area contributed by atoms with Gasteiger partial charge in [0.05, 0.1) is 7.11 Å². The Labute approximate surface area is 142 Å². The van der Waals surface area contributed by atoms with Crippen LogP contribution in [0.25, 0.3) is 0 Å². The molecule has 1 heterocycles. The highest BCUT2D eigenvalue weighted by Gasteiger charge is 2.18. The van der Waals surface area contributed by atoms with Gasteiger partial charge in [-0.05, 0) is 53.6 Å². The normalized spacial score (nSPS) is 13.6. The van der Waals surface area contributed by atoms with E-state index in [9.17, 15) is 5.11 Å². The van der Waals surface area contributed by atoms with E-state index < -0.39 is 0 Å². The van der Waals surface area contributed by atoms with Crippen LogP contribution in [0.1, 0.15) is 29.5 Å². The fourth-order valence-corrected chi connectivity index (χ4v) is 3.05. The molecule has 4 nitrogen and oxygen atoms in total. The Kier molecular flexibility index (Phi) is 4.65. The number of rotatable bonds is 6. The Morgan fingerprint density at radius 3 is 2.79 bits per heavy atom. The smallest absolute Gasteiger partial charge is 0.231 e. The molecule has 126 valence electrons. The molecule has 1 aliphatic heterocycles. The van der Waals surface area contributed by atoms with Crippen molar-refractivity contribution in [1.29, 1.82) is 0 Å². The molecule has 1 N–H and O–H groups in total. The van der Waals surface area contributed by atoms with Crippen molar-refractivity contribution in [3.05, 3.63) is 59.7 Å². The fraction of sp³-hybridized carbons (Fsp3) is 0.300. The molecular weight excluding hydrogens is 304 g/mol. The van der Waals surface area contributed by atoms with E-state index >= 15 is 0 Å². The summed E-state index contributed by atoms with van der Waals surface area (Å²) in [6, 6.07) is 9.72. The van der Waals surface area contributed by atoms with E-state index in [4.69, 9.17) is 14.2 Å². The topological polar surface area (TPSA) is 47.9 Å². The van der Waals surface area contributed by atoms with Gasteiger partial charge >= 0.3 is 0 Å². The molecule has 0 saturated carbocycles. The van der Waals surface area contributed by atoms with Crippen LogP contribution in [0.3, 0.4) is 0 Å². The van der Waals surface area contributed by atoms with Crippen LogP contribution >= 0.6 is 0 Å². The van der Waals surface area contributed by atoms with Crippen LogP contribution < -0.4 is 14.2 Å². The number of phenolic OH excluding ortho intramolecular Hbond substituents is 1. The third-order valence-electron chi connectivity index (χ3n) is 4.31. The Hall–Kier alpha value is -2.62. The summed E-state index contributed by atoms with van der Waals surface area (Å²) in [5.41, 5.74) is 3.11. The molecule has 24 heavy (non-hydrogen) atoms. The third kappa shape index (κ3) is 3.18. The number of hydrogen-bond donors (Lipinski definition) is 1. The van der Waals surface area contributed by atoms with Gasteiger partial charge in [-0.2, -0.15) is 0 Å². The van der Waals surface area contributed by atoms with Gasteiger partial charge in [0.25, 0.3) is 0 Å². The lowest BCUT2D eigenvalue weighted by molar-refractivity contribution is 0.174. The summed E-state index contributed by atoms with van der Waals surface area (Å²) in [5.74, 6) is 2.76. The summed E-state index contributed by atoms with van der Waals surface area (Å²) >= 11 is 0. The average Bonchev–Trinajstić information content (AvgIpc) is 3.04. The first kappa shape index (κ1) is 16.2. The molecule has 0 unspecified atom stereocenters. The largest absolute Gasteiger partial charge is 0.508 e. The molecule has 2 aromatic rings. The summed E-state index contributed by atoms with van der Waals surface area (Å²) in [6.07, 6.45) is 3.25. The molecule has 2 aromatic carbocycles. The van der Waals surface area contributed by atoms with Gasteiger partial charge in [0, 0.05) is 6.07 Å². The Balaban J connectivity index is 1.87. The van der Waals surface area contributed by atoms with E-state index in [0.29, 0.717) is 12.2 Å². The Morgan fingerprint density at radius 2 is 2.04 bits per heavy atom. The Bertz CT molecular complexity index is 752. The number of aromatic hydroxyl groups is 1. The molecular formula is C20H22O4. The summed E-state index contributed by atoms with van der Waals surface area (Å²) in [5, 5.41) is 10.1. The van der Waals surface area contributed by atoms with E-state index in [0.717, 1.165) is 29.0 Å². The summed E-state index contributed by atoms with van der Waals surface area (Å²) in [7, 11) is 1.62. The highest BCUT2D eigenvalue weighted by atomic mass is 16.7. The maximum absolute atomic E-state index is 10.1. The van der Waals surface area contributed by atoms with E-state index in [1.54, 1.807) is 19.3 Å². The zero-order valence-electron chi connectivity index (χ0n) is 14.0. The van der Waals surface area contributed by atoms with Crippen LogP contribution in [-0.2, 0) is 12.8 Å². The van der Waals surface area contributed by atoms with Crippen LogP contribution in [0.2, 0.25) is 0 Å². The Morgan fingerprint density at radius 1 is 1.25 bits per heavy atom. The quantitative estimate of drug-likeness (QED) is 0.808. The van der Waals surface area contributed by atoms with E-state index in [-0.39, 0.29) is 18.5 Å². The molecule has 1 atom stereocenters. The number of allylic oxidation sites excluding steroid dienone is 1. The van der Waals surface area contributed by atoms with Gasteiger partial charge in [-0.1, -0.05) is 19.1 Å². The van der Waals surface area contributed by atoms with Crippen molar-refractivity contribution in [1.82, 2.24) is 0 Å². The molecule has 0 radical (unpaired) electrons. The van der Waals surface area contributed by atoms with Crippen LogP contribution in [0, 0.1) is 0 Å². The van der Waals surface area contributed by atoms with Crippen LogP contribution in [-0.4, -0.2) is 19.0 Å². The van der Waals surface area contributed by atoms with Gasteiger partial charge in [0.15, 0.2) is 11.5 Å². The average molecular weight is 326 g/mol. The highest BCUT2D eigenvalue weighted by molar-refractivity contribution is 5.49. The van der Waals surface area contributed by atoms with Crippen molar-refractivity contribution in [3.8, 4) is 23.0 Å². The number of methoxy groups -OCH3 is 1. The first-order chi connectivity index (χ1) is 11.6. The SMILES string of the molecule is C=CCc1cc([C@H](C)Cc2ccc3c(c2)OCO3)c(OC)cc1O. The predicted molar refractivity (Wildman–Crippen MR) is 93.2 cm³/mol. The predicted octanol–water partition coefficient (Wildman–Crippen LogP) is 4.20. The van der Waals surface area contributed by atoms with Gasteiger partial charge in [0.2, 0.25) is 6.79 Å². The lowest BCUT2D eigenvalue weighted by Crippen LogP contribution is -2.03. The summed E-state index contributed by atoms with van der Waals surface area (Å²) in [4.78, 5) is 0. The minimum absolute atomic E-state index is 0.226. The van der Waals surface area contributed by atoms with Crippen LogP contribution in [0.15, 0.2) is 43.0 Å². The minimum atomic E-state index is 0.226. The molecule has 3 rings (SSSR count). The number of ether oxygens (including phenoxy) is 3. The summed E-state index contributed by atoms with van der Waals surface area (Å²) in [6.45, 7) is 6.18. The summed E-state index contributed by atoms with van der Waals surface area (Å²) < 4.78 is 16.3. The van der Waals surface area contributed by atoms with E-state index in [1.807, 2.05) is 18.2 Å². The maximum Gasteiger partial charge on any atom is 0.231 e. The van der Waals surface area contributed by atoms with E-state index in [1.165, 1.54) is 5.56 Å². The third-order valence-corrected chi connectivity index (χ3v) is 4.31. The highest BCUT2D eigenvalue weighted by Crippen LogP contribution is 2.37. The van der Waals surface area contributed by atoms with E-state index in [2.05, 4.69) is 19.6 Å². The molecule has 4 heteroatoms. The second-order valence-corrected chi connectivity index (χ2v) is 6.01. The first-order valence-corrected chi connectivity index (χ1v) is 8.01. The van der Waals surface area contributed by atoms with Crippen molar-refractivity contribution in [2.75, 3.05) is 13.9 Å². The second kappa shape index (κ2) is 6.87. The lowest BCUT2D eigenvalue weighted by Gasteiger charge is -2.18. The molecule has 0 bridgehead atoms.